The Morgan fingerprint density at radius 1 is 0.677 bits per heavy atom. The van der Waals surface area contributed by atoms with Gasteiger partial charge < -0.3 is 24.7 Å². The van der Waals surface area contributed by atoms with Crippen LogP contribution >= 0.6 is 0 Å². The smallest absolute Gasteiger partial charge is 0.340 e. The van der Waals surface area contributed by atoms with E-state index < -0.39 is 22.3 Å². The van der Waals surface area contributed by atoms with Gasteiger partial charge in [-0.2, -0.15) is 0 Å². The number of rotatable bonds is 9. The van der Waals surface area contributed by atoms with Crippen LogP contribution in [0.15, 0.2) is 66.3 Å². The van der Waals surface area contributed by atoms with Crippen molar-refractivity contribution in [2.75, 3.05) is 14.2 Å². The molecule has 16 heteroatoms. The van der Waals surface area contributed by atoms with Crippen molar-refractivity contribution in [2.24, 2.45) is 10.8 Å². The maximum Gasteiger partial charge on any atom is 0.340 e. The minimum Gasteiger partial charge on any atom is -0.494 e. The van der Waals surface area contributed by atoms with E-state index >= 15 is 0 Å². The summed E-state index contributed by atoms with van der Waals surface area (Å²) in [7, 11) is 3.19. The molecule has 0 amide bonds. The van der Waals surface area contributed by atoms with Crippen molar-refractivity contribution < 1.29 is 28.5 Å². The van der Waals surface area contributed by atoms with Gasteiger partial charge in [0.1, 0.15) is 22.7 Å². The summed E-state index contributed by atoms with van der Waals surface area (Å²) in [5.74, 6) is 0.580. The zero-order valence-corrected chi connectivity index (χ0v) is 36.7. The normalized spacial score (nSPS) is 15.3. The molecule has 0 fully saturated rings. The number of hydrogen-bond acceptors (Lipinski definition) is 14. The number of nitrogens with two attached hydrogens (primary N) is 1. The molecule has 8 rings (SSSR count). The highest BCUT2D eigenvalue weighted by atomic mass is 16.6. The van der Waals surface area contributed by atoms with Crippen molar-refractivity contribution in [1.82, 2.24) is 29.9 Å². The quantitative estimate of drug-likeness (QED) is 0.0632. The molecule has 0 saturated carbocycles. The molecule has 2 aliphatic heterocycles. The molecule has 8 heterocycles. The summed E-state index contributed by atoms with van der Waals surface area (Å²) < 4.78 is 21.8. The number of fused-ring (bicyclic) bond motifs is 4. The van der Waals surface area contributed by atoms with Gasteiger partial charge in [0.05, 0.1) is 71.6 Å². The van der Waals surface area contributed by atoms with Gasteiger partial charge in [-0.25, -0.2) is 9.59 Å². The Kier molecular flexibility index (Phi) is 11.4. The van der Waals surface area contributed by atoms with E-state index in [-0.39, 0.29) is 11.9 Å². The highest BCUT2D eigenvalue weighted by Crippen LogP contribution is 2.36. The topological polar surface area (TPSA) is 223 Å². The fourth-order valence-corrected chi connectivity index (χ4v) is 7.78. The lowest BCUT2D eigenvalue weighted by molar-refractivity contribution is -0.00841. The Morgan fingerprint density at radius 3 is 1.53 bits per heavy atom. The molecule has 16 nitrogen and oxygen atoms in total. The Hall–Kier alpha value is -6.77. The van der Waals surface area contributed by atoms with E-state index in [1.807, 2.05) is 79.7 Å². The number of aromatic nitrogens is 6. The number of pyridine rings is 6. The summed E-state index contributed by atoms with van der Waals surface area (Å²) in [6.07, 6.45) is 8.95. The lowest BCUT2D eigenvalue weighted by atomic mass is 9.94. The fraction of sp³-hybridized carbons (Fsp3) is 0.391. The first-order valence-corrected chi connectivity index (χ1v) is 20.1. The number of azide groups is 1. The molecular formula is C46H50N10O6. The van der Waals surface area contributed by atoms with Crippen molar-refractivity contribution in [2.45, 2.75) is 103 Å². The van der Waals surface area contributed by atoms with Crippen LogP contribution in [0, 0.1) is 0 Å². The van der Waals surface area contributed by atoms with Gasteiger partial charge in [-0.3, -0.25) is 29.9 Å². The lowest BCUT2D eigenvalue weighted by Gasteiger charge is -2.30. The second-order valence-electron chi connectivity index (χ2n) is 17.9. The van der Waals surface area contributed by atoms with E-state index in [2.05, 4.69) is 30.0 Å². The number of carbonyl (C=O) groups is 2. The Labute approximate surface area is 359 Å². The van der Waals surface area contributed by atoms with Gasteiger partial charge in [0.25, 0.3) is 0 Å². The van der Waals surface area contributed by atoms with Gasteiger partial charge in [0, 0.05) is 87.3 Å². The first kappa shape index (κ1) is 43.3. The third kappa shape index (κ3) is 8.97. The van der Waals surface area contributed by atoms with Crippen LogP contribution in [0.2, 0.25) is 0 Å². The molecule has 0 aliphatic carbocycles. The summed E-state index contributed by atoms with van der Waals surface area (Å²) in [6, 6.07) is 11.1. The predicted octanol–water partition coefficient (Wildman–Crippen LogP) is 7.97. The number of ether oxygens (including phenoxy) is 4. The zero-order valence-electron chi connectivity index (χ0n) is 36.7. The first-order chi connectivity index (χ1) is 29.2. The number of cyclic esters (lactones) is 2. The average molecular weight is 839 g/mol. The van der Waals surface area contributed by atoms with E-state index in [0.29, 0.717) is 54.0 Å². The van der Waals surface area contributed by atoms with Crippen LogP contribution in [0.1, 0.15) is 122 Å². The second-order valence-corrected chi connectivity index (χ2v) is 17.9. The zero-order chi connectivity index (χ0) is 44.8. The number of nitrogens with zero attached hydrogens (tertiary/aromatic N) is 9. The molecule has 2 N–H and O–H groups in total. The molecule has 0 bridgehead atoms. The number of carbonyl (C=O) groups excluding carboxylic acids is 2. The molecule has 0 saturated heterocycles. The van der Waals surface area contributed by atoms with Crippen molar-refractivity contribution in [1.29, 1.82) is 0 Å². The number of methoxy groups -OCH3 is 2. The highest BCUT2D eigenvalue weighted by molar-refractivity contribution is 5.93. The molecule has 0 atom stereocenters. The van der Waals surface area contributed by atoms with E-state index in [1.165, 1.54) is 0 Å². The summed E-state index contributed by atoms with van der Waals surface area (Å²) in [6.45, 7) is 15.0. The summed E-state index contributed by atoms with van der Waals surface area (Å²) in [5.41, 5.74) is 20.0. The molecule has 0 unspecified atom stereocenters. The maximum atomic E-state index is 12.2. The summed E-state index contributed by atoms with van der Waals surface area (Å²) in [4.78, 5) is 55.1. The Balaban J connectivity index is 0.000000187. The molecule has 0 radical (unpaired) electrons. The minimum atomic E-state index is -0.853. The molecule has 62 heavy (non-hydrogen) atoms. The van der Waals surface area contributed by atoms with Crippen molar-refractivity contribution >= 4 is 33.5 Å². The third-order valence-corrected chi connectivity index (χ3v) is 10.7. The van der Waals surface area contributed by atoms with Crippen LogP contribution in [0.4, 0.5) is 0 Å². The minimum absolute atomic E-state index is 0.322. The van der Waals surface area contributed by atoms with Crippen LogP contribution in [-0.2, 0) is 46.2 Å². The second kappa shape index (κ2) is 16.3. The molecule has 320 valence electrons. The molecule has 6 aromatic heterocycles. The van der Waals surface area contributed by atoms with E-state index in [9.17, 15) is 9.59 Å². The van der Waals surface area contributed by atoms with Crippen molar-refractivity contribution in [3.8, 4) is 11.5 Å². The molecule has 0 spiro atoms. The SMILES string of the molecule is COc1cnc(C(C)(C)N)c2cc(Cc3ccc4c(n3)CC(C)(C)OC4=O)ncc12.COc1cnc(C(C)(C)N=[N+]=[N-])c2cc(Cc3ccc4c(n3)CC(C)(C)OC4=O)ncc12. The van der Waals surface area contributed by atoms with Crippen molar-refractivity contribution in [3.05, 3.63) is 128 Å². The maximum absolute atomic E-state index is 12.2. The van der Waals surface area contributed by atoms with E-state index in [1.54, 1.807) is 51.1 Å². The first-order valence-electron chi connectivity index (χ1n) is 20.1. The molecular weight excluding hydrogens is 789 g/mol. The lowest BCUT2D eigenvalue weighted by Crippen LogP contribution is -2.36. The van der Waals surface area contributed by atoms with Crippen LogP contribution in [0.25, 0.3) is 32.0 Å². The third-order valence-electron chi connectivity index (χ3n) is 10.7. The Bertz CT molecular complexity index is 2810. The number of hydrogen-bond donors (Lipinski definition) is 1. The average Bonchev–Trinajstić information content (AvgIpc) is 3.18. The van der Waals surface area contributed by atoms with Crippen LogP contribution in [-0.4, -0.2) is 67.3 Å². The van der Waals surface area contributed by atoms with Gasteiger partial charge in [0.2, 0.25) is 0 Å². The largest absolute Gasteiger partial charge is 0.494 e. The standard InChI is InChI=1S/C23H24N6O3.C23H26N4O3/c1-22(2)10-18-15(21(30)32-22)7-6-13(27-18)8-14-9-16-17(11-25-14)19(31-5)12-26-20(16)23(3,4)28-29-24;1-22(2)10-18-15(21(28)30-22)7-6-13(27-18)8-14-9-16-17(11-25-14)19(29-5)12-26-20(16)23(3,4)24/h6-7,9,11-12H,8,10H2,1-5H3;6-7,9,11-12H,8,10,24H2,1-5H3. The number of esters is 2. The Morgan fingerprint density at radius 2 is 1.11 bits per heavy atom. The summed E-state index contributed by atoms with van der Waals surface area (Å²) in [5, 5.41) is 7.28. The monoisotopic (exact) mass is 838 g/mol. The van der Waals surface area contributed by atoms with Crippen molar-refractivity contribution in [3.63, 3.8) is 0 Å². The summed E-state index contributed by atoms with van der Waals surface area (Å²) >= 11 is 0. The van der Waals surface area contributed by atoms with Gasteiger partial charge in [0.15, 0.2) is 0 Å². The van der Waals surface area contributed by atoms with E-state index in [4.69, 9.17) is 40.2 Å². The van der Waals surface area contributed by atoms with Gasteiger partial charge in [-0.15, -0.1) is 0 Å². The predicted molar refractivity (Wildman–Crippen MR) is 232 cm³/mol. The van der Waals surface area contributed by atoms with Crippen LogP contribution < -0.4 is 15.2 Å². The van der Waals surface area contributed by atoms with Gasteiger partial charge in [-0.05, 0) is 97.3 Å². The van der Waals surface area contributed by atoms with Crippen LogP contribution in [0.5, 0.6) is 11.5 Å². The van der Waals surface area contributed by atoms with Gasteiger partial charge in [-0.1, -0.05) is 5.11 Å². The van der Waals surface area contributed by atoms with Gasteiger partial charge >= 0.3 is 11.9 Å². The molecule has 0 aromatic carbocycles. The molecule has 6 aromatic rings. The fourth-order valence-electron chi connectivity index (χ4n) is 7.78. The van der Waals surface area contributed by atoms with E-state index in [0.717, 1.165) is 61.4 Å². The highest BCUT2D eigenvalue weighted by Gasteiger charge is 2.35. The molecule has 2 aliphatic rings. The van der Waals surface area contributed by atoms with Crippen LogP contribution in [0.3, 0.4) is 0 Å².